The van der Waals surface area contributed by atoms with Gasteiger partial charge in [0.1, 0.15) is 11.2 Å². The molecule has 9 nitrogen and oxygen atoms in total. The molecule has 1 heterocycles. The average Bonchev–Trinajstić information content (AvgIpc) is 3.15. The summed E-state index contributed by atoms with van der Waals surface area (Å²) in [5, 5.41) is 60.0. The summed E-state index contributed by atoms with van der Waals surface area (Å²) in [6, 6.07) is -0.565. The third-order valence-corrected chi connectivity index (χ3v) is 11.4. The molecule has 0 aromatic heterocycles. The Morgan fingerprint density at radius 1 is 1.00 bits per heavy atom. The van der Waals surface area contributed by atoms with Crippen LogP contribution in [0.2, 0.25) is 0 Å². The number of nitrogens with zero attached hydrogens (tertiary/aromatic N) is 1. The zero-order valence-electron chi connectivity index (χ0n) is 19.9. The molecule has 33 heavy (non-hydrogen) atoms. The fraction of sp³-hybridized carbons (Fsp3) is 1.00. The third kappa shape index (κ3) is 2.12. The average molecular weight is 470 g/mol. The van der Waals surface area contributed by atoms with Gasteiger partial charge in [-0.05, 0) is 18.9 Å². The first-order chi connectivity index (χ1) is 15.6. The number of likely N-dealkylation sites (N-methyl/N-ethyl adjacent to an activating group) is 1. The minimum atomic E-state index is -1.75. The van der Waals surface area contributed by atoms with Crippen molar-refractivity contribution in [2.24, 2.45) is 34.5 Å². The molecule has 0 amide bonds. The second-order valence-electron chi connectivity index (χ2n) is 11.8. The van der Waals surface area contributed by atoms with Gasteiger partial charge in [0.25, 0.3) is 0 Å². The maximum Gasteiger partial charge on any atom is 0.136 e. The summed E-state index contributed by atoms with van der Waals surface area (Å²) in [6.45, 7) is 3.33. The summed E-state index contributed by atoms with van der Waals surface area (Å²) in [4.78, 5) is 2.13. The number of aliphatic hydroxyl groups is 5. The van der Waals surface area contributed by atoms with Crippen LogP contribution in [0, 0.1) is 34.5 Å². The molecule has 6 aliphatic rings. The molecule has 7 bridgehead atoms. The van der Waals surface area contributed by atoms with Crippen molar-refractivity contribution in [2.45, 2.75) is 73.9 Å². The van der Waals surface area contributed by atoms with Crippen molar-refractivity contribution in [3.63, 3.8) is 0 Å². The summed E-state index contributed by atoms with van der Waals surface area (Å²) in [6.07, 6.45) is -2.85. The highest BCUT2D eigenvalue weighted by atomic mass is 16.5. The molecule has 1 saturated heterocycles. The maximum atomic E-state index is 12.8. The number of piperidine rings is 1. The molecular formula is C24H39NO8. The highest BCUT2D eigenvalue weighted by Gasteiger charge is 2.92. The van der Waals surface area contributed by atoms with E-state index in [4.69, 9.17) is 14.2 Å². The number of rotatable bonds is 5. The lowest BCUT2D eigenvalue weighted by molar-refractivity contribution is -0.324. The van der Waals surface area contributed by atoms with Crippen LogP contribution in [0.15, 0.2) is 0 Å². The van der Waals surface area contributed by atoms with Crippen molar-refractivity contribution < 1.29 is 39.7 Å². The molecule has 5 aliphatic carbocycles. The monoisotopic (exact) mass is 469 g/mol. The minimum Gasteiger partial charge on any atom is -0.392 e. The predicted octanol–water partition coefficient (Wildman–Crippen LogP) is -1.41. The molecule has 5 N–H and O–H groups in total. The van der Waals surface area contributed by atoms with Crippen molar-refractivity contribution in [3.8, 4) is 0 Å². The van der Waals surface area contributed by atoms with Crippen molar-refractivity contribution in [1.29, 1.82) is 0 Å². The van der Waals surface area contributed by atoms with Gasteiger partial charge in [0, 0.05) is 69.3 Å². The van der Waals surface area contributed by atoms with Crippen molar-refractivity contribution in [1.82, 2.24) is 4.90 Å². The van der Waals surface area contributed by atoms with Crippen molar-refractivity contribution in [3.05, 3.63) is 0 Å². The summed E-state index contributed by atoms with van der Waals surface area (Å²) in [7, 11) is 4.74. The standard InChI is InChI=1S/C24H39NO8/c1-5-25-9-21(10-31-2)14(26)7-15(27)23-12-6-11-13(32-3)8-22(29,16(12)17(11)28)24(30,20(23)25)19(33-4)18(21)23/h11-20,26-30H,5-10H2,1-4H3/t11-,12-,13+,14-,15+,16-,17+,18-,19+,20?,21+,22-,23+,24+/m1/s1. The van der Waals surface area contributed by atoms with E-state index in [1.165, 1.54) is 7.11 Å². The number of ether oxygens (including phenoxy) is 3. The van der Waals surface area contributed by atoms with Crippen LogP contribution < -0.4 is 0 Å². The first kappa shape index (κ1) is 23.1. The van der Waals surface area contributed by atoms with Gasteiger partial charge >= 0.3 is 0 Å². The Morgan fingerprint density at radius 2 is 1.73 bits per heavy atom. The molecular weight excluding hydrogens is 430 g/mol. The SMILES string of the molecule is CCN1C[C@]2(COC)[C@H](O)C[C@H](O)[C@]34C1[C@@](O)([C@@H](OC)[C@H]23)[C@@]1(O)C[C@H](OC)[C@H]2C[C@@H]4[C@@H]1[C@H]2O. The van der Waals surface area contributed by atoms with Gasteiger partial charge in [0.15, 0.2) is 0 Å². The van der Waals surface area contributed by atoms with Gasteiger partial charge in [-0.1, -0.05) is 6.92 Å². The molecule has 0 aromatic rings. The van der Waals surface area contributed by atoms with Crippen LogP contribution >= 0.6 is 0 Å². The molecule has 1 unspecified atom stereocenters. The highest BCUT2D eigenvalue weighted by Crippen LogP contribution is 2.80. The van der Waals surface area contributed by atoms with E-state index in [1.807, 2.05) is 6.92 Å². The minimum absolute atomic E-state index is 0.171. The number of hydrogen-bond acceptors (Lipinski definition) is 9. The fourth-order valence-electron chi connectivity index (χ4n) is 10.7. The molecule has 6 fully saturated rings. The lowest BCUT2D eigenvalue weighted by atomic mass is 9.42. The summed E-state index contributed by atoms with van der Waals surface area (Å²) in [5.41, 5.74) is -5.03. The lowest BCUT2D eigenvalue weighted by Crippen LogP contribution is -2.82. The van der Waals surface area contributed by atoms with E-state index < -0.39 is 70.4 Å². The maximum absolute atomic E-state index is 12.8. The number of methoxy groups -OCH3 is 3. The van der Waals surface area contributed by atoms with Crippen LogP contribution in [-0.2, 0) is 14.2 Å². The fourth-order valence-corrected chi connectivity index (χ4v) is 10.7. The second kappa shape index (κ2) is 6.89. The van der Waals surface area contributed by atoms with Gasteiger partial charge in [0.2, 0.25) is 0 Å². The molecule has 1 spiro atoms. The van der Waals surface area contributed by atoms with E-state index in [0.717, 1.165) is 0 Å². The van der Waals surface area contributed by atoms with Crippen LogP contribution in [0.4, 0.5) is 0 Å². The summed E-state index contributed by atoms with van der Waals surface area (Å²) < 4.78 is 17.5. The Labute approximate surface area is 194 Å². The zero-order valence-corrected chi connectivity index (χ0v) is 19.9. The molecule has 188 valence electrons. The number of hydrogen-bond donors (Lipinski definition) is 5. The van der Waals surface area contributed by atoms with Gasteiger partial charge < -0.3 is 39.7 Å². The highest BCUT2D eigenvalue weighted by molar-refractivity contribution is 5.41. The van der Waals surface area contributed by atoms with Gasteiger partial charge in [-0.15, -0.1) is 0 Å². The third-order valence-electron chi connectivity index (χ3n) is 11.4. The summed E-state index contributed by atoms with van der Waals surface area (Å²) >= 11 is 0. The van der Waals surface area contributed by atoms with Crippen LogP contribution in [0.1, 0.15) is 26.2 Å². The quantitative estimate of drug-likeness (QED) is 0.329. The zero-order chi connectivity index (χ0) is 23.7. The Balaban J connectivity index is 1.68. The van der Waals surface area contributed by atoms with Crippen LogP contribution in [0.5, 0.6) is 0 Å². The largest absolute Gasteiger partial charge is 0.392 e. The summed E-state index contributed by atoms with van der Waals surface area (Å²) in [5.74, 6) is -1.45. The Bertz CT molecular complexity index is 830. The first-order valence-corrected chi connectivity index (χ1v) is 12.4. The smallest absolute Gasteiger partial charge is 0.136 e. The van der Waals surface area contributed by atoms with Gasteiger partial charge in [-0.2, -0.15) is 0 Å². The van der Waals surface area contributed by atoms with E-state index in [1.54, 1.807) is 14.2 Å². The van der Waals surface area contributed by atoms with E-state index in [9.17, 15) is 25.5 Å². The van der Waals surface area contributed by atoms with Crippen molar-refractivity contribution in [2.75, 3.05) is 41.0 Å². The van der Waals surface area contributed by atoms with Crippen LogP contribution in [0.3, 0.4) is 0 Å². The molecule has 9 heteroatoms. The van der Waals surface area contributed by atoms with Gasteiger partial charge in [-0.25, -0.2) is 0 Å². The lowest BCUT2D eigenvalue weighted by Gasteiger charge is -2.70. The Kier molecular flexibility index (Phi) is 4.82. The molecule has 0 aromatic carbocycles. The molecule has 0 radical (unpaired) electrons. The van der Waals surface area contributed by atoms with Crippen LogP contribution in [-0.4, -0.2) is 119 Å². The second-order valence-corrected chi connectivity index (χ2v) is 11.8. The van der Waals surface area contributed by atoms with E-state index in [2.05, 4.69) is 4.90 Å². The topological polar surface area (TPSA) is 132 Å². The molecule has 1 aliphatic heterocycles. The van der Waals surface area contributed by atoms with E-state index >= 15 is 0 Å². The van der Waals surface area contributed by atoms with Gasteiger partial charge in [0.05, 0.1) is 43.2 Å². The molecule has 14 atom stereocenters. The van der Waals surface area contributed by atoms with Gasteiger partial charge in [-0.3, -0.25) is 4.90 Å². The predicted molar refractivity (Wildman–Crippen MR) is 115 cm³/mol. The normalized spacial score (nSPS) is 63.2. The van der Waals surface area contributed by atoms with Crippen molar-refractivity contribution >= 4 is 0 Å². The number of fused-ring (bicyclic) bond motifs is 2. The Morgan fingerprint density at radius 3 is 2.33 bits per heavy atom. The van der Waals surface area contributed by atoms with E-state index in [0.29, 0.717) is 19.5 Å². The molecule has 6 rings (SSSR count). The van der Waals surface area contributed by atoms with Crippen LogP contribution in [0.25, 0.3) is 0 Å². The Hall–Kier alpha value is -0.360. The first-order valence-electron chi connectivity index (χ1n) is 12.4. The molecule has 5 saturated carbocycles. The number of likely N-dealkylation sites (tertiary alicyclic amines) is 1. The number of aliphatic hydroxyl groups excluding tert-OH is 3. The van der Waals surface area contributed by atoms with E-state index in [-0.39, 0.29) is 31.3 Å².